The smallest absolute Gasteiger partial charge is 0.744 e. The zero-order chi connectivity index (χ0) is 56.1. The second-order valence-corrected chi connectivity index (χ2v) is 21.7. The van der Waals surface area contributed by atoms with Crippen LogP contribution in [0.2, 0.25) is 0 Å². The number of ether oxygens (including phenoxy) is 4. The van der Waals surface area contributed by atoms with Gasteiger partial charge in [-0.25, -0.2) is 36.0 Å². The van der Waals surface area contributed by atoms with Crippen molar-refractivity contribution >= 4 is 81.9 Å². The first-order chi connectivity index (χ1) is 36.6. The van der Waals surface area contributed by atoms with E-state index in [9.17, 15) is 45.1 Å². The molecule has 0 amide bonds. The molecule has 0 aromatic heterocycles. The number of carbonyl (C=O) groups is 4. The molecule has 2 rings (SSSR count). The van der Waals surface area contributed by atoms with Gasteiger partial charge in [0.05, 0.1) is 58.5 Å². The molecule has 0 bridgehead atoms. The van der Waals surface area contributed by atoms with Crippen LogP contribution in [0.15, 0.2) is 96.8 Å². The minimum Gasteiger partial charge on any atom is -0.744 e. The Labute approximate surface area is 493 Å². The molecule has 77 heavy (non-hydrogen) atoms. The predicted molar refractivity (Wildman–Crippen MR) is 304 cm³/mol. The molecular formula is C60H90CaO14S2. The number of hydrogen-bond acceptors (Lipinski definition) is 14. The van der Waals surface area contributed by atoms with Gasteiger partial charge in [-0.3, -0.25) is 0 Å². The third-order valence-electron chi connectivity index (χ3n) is 12.6. The molecule has 0 heterocycles. The third-order valence-corrected chi connectivity index (χ3v) is 14.3. The van der Waals surface area contributed by atoms with Crippen LogP contribution < -0.4 is 0 Å². The van der Waals surface area contributed by atoms with Crippen molar-refractivity contribution < 1.29 is 64.1 Å². The van der Waals surface area contributed by atoms with E-state index in [4.69, 9.17) is 18.9 Å². The van der Waals surface area contributed by atoms with Crippen LogP contribution in [0.25, 0.3) is 0 Å². The summed E-state index contributed by atoms with van der Waals surface area (Å²) in [6.45, 7) is 15.3. The summed E-state index contributed by atoms with van der Waals surface area (Å²) in [5.41, 5.74) is -1.63. The van der Waals surface area contributed by atoms with Crippen molar-refractivity contribution in [2.75, 3.05) is 26.4 Å². The van der Waals surface area contributed by atoms with Crippen LogP contribution in [-0.4, -0.2) is 114 Å². The van der Waals surface area contributed by atoms with Crippen molar-refractivity contribution in [3.05, 3.63) is 109 Å². The van der Waals surface area contributed by atoms with Crippen molar-refractivity contribution in [2.24, 2.45) is 0 Å². The molecule has 14 nitrogen and oxygen atoms in total. The quantitative estimate of drug-likeness (QED) is 0.0150. The second kappa shape index (κ2) is 47.2. The Balaban J connectivity index is 0.00000148. The number of hydrogen-bond donors (Lipinski definition) is 0. The van der Waals surface area contributed by atoms with Crippen LogP contribution in [-0.2, 0) is 39.2 Å². The maximum Gasteiger partial charge on any atom is 2.00 e. The summed E-state index contributed by atoms with van der Waals surface area (Å²) >= 11 is 0. The van der Waals surface area contributed by atoms with Gasteiger partial charge in [0.2, 0.25) is 0 Å². The largest absolute Gasteiger partial charge is 2.00 e. The van der Waals surface area contributed by atoms with Crippen LogP contribution >= 0.6 is 0 Å². The van der Waals surface area contributed by atoms with E-state index in [0.29, 0.717) is 25.7 Å². The Bertz CT molecular complexity index is 2070. The normalized spacial score (nSPS) is 11.0. The van der Waals surface area contributed by atoms with Crippen LogP contribution in [0.5, 0.6) is 0 Å². The summed E-state index contributed by atoms with van der Waals surface area (Å²) in [6, 6.07) is 7.08. The summed E-state index contributed by atoms with van der Waals surface area (Å²) in [5.74, 6) is -3.70. The van der Waals surface area contributed by atoms with Crippen molar-refractivity contribution in [1.82, 2.24) is 0 Å². The predicted octanol–water partition coefficient (Wildman–Crippen LogP) is 14.7. The van der Waals surface area contributed by atoms with Gasteiger partial charge in [-0.15, -0.1) is 26.3 Å². The Morgan fingerprint density at radius 3 is 0.779 bits per heavy atom. The van der Waals surface area contributed by atoms with E-state index in [1.807, 2.05) is 24.3 Å². The molecule has 0 saturated heterocycles. The van der Waals surface area contributed by atoms with Crippen LogP contribution in [0.1, 0.15) is 247 Å². The SMILES string of the molecule is C=CCCCCCCCCCOC(=O)c1cccc(S(=O)(=O)[O-])c1C(=O)OCCCCCCCCCC=C.C=CCCCCCCCCCOC(=O)c1cccc(S(=O)(=O)[O-])c1C(=O)OCCCCCCCCCC=C.[Ca+2]. The maximum absolute atomic E-state index is 12.8. The zero-order valence-electron chi connectivity index (χ0n) is 46.3. The van der Waals surface area contributed by atoms with E-state index in [1.165, 1.54) is 37.1 Å². The van der Waals surface area contributed by atoms with E-state index in [-0.39, 0.29) is 75.3 Å². The molecule has 428 valence electrons. The Kier molecular flexibility index (Phi) is 45.0. The number of benzene rings is 2. The molecule has 0 spiro atoms. The molecule has 0 radical (unpaired) electrons. The first-order valence-electron chi connectivity index (χ1n) is 27.9. The molecule has 17 heteroatoms. The molecule has 2 aromatic carbocycles. The number of esters is 4. The molecule has 0 saturated carbocycles. The molecule has 0 N–H and O–H groups in total. The van der Waals surface area contributed by atoms with Gasteiger partial charge in [0.25, 0.3) is 0 Å². The third kappa shape index (κ3) is 35.6. The second-order valence-electron chi connectivity index (χ2n) is 19.0. The van der Waals surface area contributed by atoms with E-state index in [2.05, 4.69) is 26.3 Å². The fourth-order valence-electron chi connectivity index (χ4n) is 8.30. The van der Waals surface area contributed by atoms with E-state index in [0.717, 1.165) is 179 Å². The van der Waals surface area contributed by atoms with Crippen LogP contribution in [0, 0.1) is 0 Å². The van der Waals surface area contributed by atoms with E-state index < -0.39 is 65.0 Å². The standard InChI is InChI=1S/2C30H46O7S.Ca/c2*1-3-5-7-9-11-13-15-17-19-24-36-29(31)26-22-21-23-27(38(33,34)35)28(26)30(32)37-25-20-18-16-14-12-10-8-6-4-2;/h2*3-4,21-23H,1-2,5-20,24-25H2,(H,33,34,35);/q;;+2/p-2. The average Bonchev–Trinajstić information content (AvgIpc) is 3.39. The minimum atomic E-state index is -5.00. The first-order valence-corrected chi connectivity index (χ1v) is 30.8. The van der Waals surface area contributed by atoms with Gasteiger partial charge in [0.1, 0.15) is 20.2 Å². The van der Waals surface area contributed by atoms with Gasteiger partial charge in [-0.2, -0.15) is 0 Å². The first kappa shape index (κ1) is 73.4. The van der Waals surface area contributed by atoms with E-state index >= 15 is 0 Å². The average molecular weight is 1140 g/mol. The van der Waals surface area contributed by atoms with Gasteiger partial charge in [0.15, 0.2) is 0 Å². The molecule has 0 atom stereocenters. The molecule has 2 aromatic rings. The molecular weight excluding hydrogens is 1050 g/mol. The minimum absolute atomic E-state index is 0. The summed E-state index contributed by atoms with van der Waals surface area (Å²) in [6.07, 6.45) is 40.2. The topological polar surface area (TPSA) is 220 Å². The summed E-state index contributed by atoms with van der Waals surface area (Å²) in [4.78, 5) is 49.4. The Morgan fingerprint density at radius 1 is 0.351 bits per heavy atom. The molecule has 0 fully saturated rings. The van der Waals surface area contributed by atoms with Crippen LogP contribution in [0.3, 0.4) is 0 Å². The molecule has 0 aliphatic heterocycles. The molecule has 0 aliphatic rings. The Hall–Kier alpha value is -3.64. The van der Waals surface area contributed by atoms with Gasteiger partial charge >= 0.3 is 61.6 Å². The van der Waals surface area contributed by atoms with Crippen molar-refractivity contribution in [2.45, 2.75) is 215 Å². The number of allylic oxidation sites excluding steroid dienone is 4. The summed E-state index contributed by atoms with van der Waals surface area (Å²) in [5, 5.41) is 0. The number of rotatable bonds is 46. The zero-order valence-corrected chi connectivity index (χ0v) is 50.1. The maximum atomic E-state index is 12.8. The number of unbranched alkanes of at least 4 members (excludes halogenated alkanes) is 28. The number of carbonyl (C=O) groups excluding carboxylic acids is 4. The van der Waals surface area contributed by atoms with Crippen molar-refractivity contribution in [1.29, 1.82) is 0 Å². The van der Waals surface area contributed by atoms with Gasteiger partial charge < -0.3 is 28.1 Å². The van der Waals surface area contributed by atoms with Gasteiger partial charge in [0, 0.05) is 0 Å². The van der Waals surface area contributed by atoms with E-state index in [1.54, 1.807) is 0 Å². The van der Waals surface area contributed by atoms with Gasteiger partial charge in [-0.1, -0.05) is 165 Å². The van der Waals surface area contributed by atoms with Gasteiger partial charge in [-0.05, 0) is 101 Å². The van der Waals surface area contributed by atoms with Crippen molar-refractivity contribution in [3.63, 3.8) is 0 Å². The fraction of sp³-hybridized carbons (Fsp3) is 0.600. The molecule has 0 unspecified atom stereocenters. The summed E-state index contributed by atoms with van der Waals surface area (Å²) in [7, 11) is -10.0. The molecule has 0 aliphatic carbocycles. The summed E-state index contributed by atoms with van der Waals surface area (Å²) < 4.78 is 91.8. The van der Waals surface area contributed by atoms with Crippen LogP contribution in [0.4, 0.5) is 0 Å². The fourth-order valence-corrected chi connectivity index (χ4v) is 9.68. The van der Waals surface area contributed by atoms with Crippen molar-refractivity contribution in [3.8, 4) is 0 Å². The monoisotopic (exact) mass is 1140 g/mol. The Morgan fingerprint density at radius 2 is 0.558 bits per heavy atom.